The first-order valence-corrected chi connectivity index (χ1v) is 19.7. The molecule has 60 heavy (non-hydrogen) atoms. The number of nitrogens with zero attached hydrogens (tertiary/aromatic N) is 1. The minimum atomic E-state index is -1.57. The van der Waals surface area contributed by atoms with Crippen LogP contribution in [0.5, 0.6) is 0 Å². The summed E-state index contributed by atoms with van der Waals surface area (Å²) in [6.45, 7) is 2.49. The molecular formula is C40H55N11O9. The molecule has 1 aliphatic heterocycles. The first kappa shape index (κ1) is 46.2. The summed E-state index contributed by atoms with van der Waals surface area (Å²) in [4.78, 5) is 96.4. The van der Waals surface area contributed by atoms with E-state index in [1.807, 2.05) is 48.5 Å². The monoisotopic (exact) mass is 833 g/mol. The van der Waals surface area contributed by atoms with Gasteiger partial charge < -0.3 is 63.5 Å². The molecule has 2 heterocycles. The number of nitrogens with one attached hydrogen (secondary N) is 8. The number of aromatic amines is 1. The highest BCUT2D eigenvalue weighted by Crippen LogP contribution is 2.22. The average molecular weight is 834 g/mol. The number of aliphatic carboxylic acids is 1. The molecule has 6 amide bonds. The number of carbonyl (C=O) groups excluding carboxylic acids is 6. The zero-order chi connectivity index (χ0) is 43.9. The van der Waals surface area contributed by atoms with Gasteiger partial charge in [-0.3, -0.25) is 34.2 Å². The second kappa shape index (κ2) is 22.0. The maximum absolute atomic E-state index is 14.1. The Morgan fingerprint density at radius 3 is 2.27 bits per heavy atom. The number of carboxylic acids is 1. The number of nitrogens with two attached hydrogens (primary N) is 2. The first-order chi connectivity index (χ1) is 28.5. The van der Waals surface area contributed by atoms with E-state index in [0.717, 1.165) is 16.5 Å². The molecule has 2 aromatic carbocycles. The molecule has 0 spiro atoms. The summed E-state index contributed by atoms with van der Waals surface area (Å²) in [5, 5.41) is 43.7. The van der Waals surface area contributed by atoms with Gasteiger partial charge >= 0.3 is 5.97 Å². The van der Waals surface area contributed by atoms with Crippen LogP contribution < -0.4 is 43.4 Å². The molecule has 1 aromatic heterocycles. The fourth-order valence-corrected chi connectivity index (χ4v) is 6.82. The Bertz CT molecular complexity index is 2010. The maximum Gasteiger partial charge on any atom is 0.326 e. The number of fused-ring (bicyclic) bond motifs is 1. The largest absolute Gasteiger partial charge is 0.480 e. The summed E-state index contributed by atoms with van der Waals surface area (Å²) in [6, 6.07) is 8.96. The highest BCUT2D eigenvalue weighted by Gasteiger charge is 2.41. The van der Waals surface area contributed by atoms with Crippen LogP contribution >= 0.6 is 0 Å². The average Bonchev–Trinajstić information content (AvgIpc) is 3.87. The number of rotatable bonds is 21. The first-order valence-electron chi connectivity index (χ1n) is 19.7. The van der Waals surface area contributed by atoms with E-state index in [0.29, 0.717) is 12.0 Å². The quantitative estimate of drug-likeness (QED) is 0.0318. The van der Waals surface area contributed by atoms with Crippen molar-refractivity contribution >= 4 is 58.3 Å². The minimum Gasteiger partial charge on any atom is -0.480 e. The van der Waals surface area contributed by atoms with Crippen LogP contribution in [0.4, 0.5) is 0 Å². The van der Waals surface area contributed by atoms with Gasteiger partial charge in [0.25, 0.3) is 0 Å². The Morgan fingerprint density at radius 1 is 0.883 bits per heavy atom. The van der Waals surface area contributed by atoms with Crippen molar-refractivity contribution in [2.45, 2.75) is 94.7 Å². The fourth-order valence-electron chi connectivity index (χ4n) is 6.82. The molecule has 14 N–H and O–H groups in total. The van der Waals surface area contributed by atoms with Crippen LogP contribution in [-0.4, -0.2) is 129 Å². The molecule has 1 fully saturated rings. The van der Waals surface area contributed by atoms with Gasteiger partial charge in [0.05, 0.1) is 18.7 Å². The number of carbonyl (C=O) groups is 7. The number of para-hydroxylation sites is 1. The molecule has 324 valence electrons. The van der Waals surface area contributed by atoms with Gasteiger partial charge in [-0.05, 0) is 63.1 Å². The van der Waals surface area contributed by atoms with Crippen molar-refractivity contribution in [3.8, 4) is 0 Å². The molecule has 4 rings (SSSR count). The van der Waals surface area contributed by atoms with Crippen LogP contribution in [0.2, 0.25) is 0 Å². The Balaban J connectivity index is 1.43. The summed E-state index contributed by atoms with van der Waals surface area (Å²) in [6.07, 6.45) is 1.24. The molecule has 0 saturated carbocycles. The number of guanidine groups is 1. The zero-order valence-corrected chi connectivity index (χ0v) is 33.5. The number of aromatic nitrogens is 1. The third kappa shape index (κ3) is 13.2. The summed E-state index contributed by atoms with van der Waals surface area (Å²) in [5.41, 5.74) is 13.5. The van der Waals surface area contributed by atoms with Crippen molar-refractivity contribution in [2.75, 3.05) is 19.6 Å². The Kier molecular flexibility index (Phi) is 16.9. The lowest BCUT2D eigenvalue weighted by molar-refractivity contribution is -0.146. The van der Waals surface area contributed by atoms with Crippen LogP contribution in [0.3, 0.4) is 0 Å². The van der Waals surface area contributed by atoms with Crippen molar-refractivity contribution < 1.29 is 43.8 Å². The Hall–Kier alpha value is -6.54. The standard InChI is InChI=1S/C40H55N11O9/c1-22(47-32(53)21-46-35(55)27(41)18-24-10-4-3-5-11-24)34(54)49-30(19-25-20-45-28-13-7-6-12-26(25)28)36(56)50-33(23(2)52)38(58)51-17-9-15-31(51)37(57)48-29(39(59)60)14-8-16-44-40(42)43/h3-7,10-13,20,22-23,27,29-31,33,45,52H,8-9,14-19,21,41H2,1-2H3,(H,46,55)(H,47,53)(H,48,57)(H,49,54)(H,50,56)(H,59,60)(H4,42,43,44)/t22-,23+,27-,29-,30-,31-,33-/m0/s1. The lowest BCUT2D eigenvalue weighted by Crippen LogP contribution is -2.61. The van der Waals surface area contributed by atoms with E-state index >= 15 is 0 Å². The smallest absolute Gasteiger partial charge is 0.326 e. The molecule has 0 bridgehead atoms. The van der Waals surface area contributed by atoms with Crippen molar-refractivity contribution in [1.29, 1.82) is 5.41 Å². The highest BCUT2D eigenvalue weighted by molar-refractivity contribution is 5.97. The number of benzene rings is 2. The lowest BCUT2D eigenvalue weighted by atomic mass is 10.0. The second-order valence-corrected chi connectivity index (χ2v) is 14.7. The van der Waals surface area contributed by atoms with Gasteiger partial charge in [0.15, 0.2) is 5.96 Å². The third-order valence-electron chi connectivity index (χ3n) is 10.0. The van der Waals surface area contributed by atoms with Crippen LogP contribution in [-0.2, 0) is 46.4 Å². The molecule has 7 atom stereocenters. The van der Waals surface area contributed by atoms with Crippen LogP contribution in [0.15, 0.2) is 60.8 Å². The van der Waals surface area contributed by atoms with Gasteiger partial charge in [0.1, 0.15) is 30.2 Å². The van der Waals surface area contributed by atoms with Crippen molar-refractivity contribution in [3.05, 3.63) is 71.9 Å². The molecule has 0 radical (unpaired) electrons. The Labute approximate surface area is 346 Å². The van der Waals surface area contributed by atoms with Gasteiger partial charge in [-0.2, -0.15) is 0 Å². The van der Waals surface area contributed by atoms with Gasteiger partial charge in [0, 0.05) is 36.6 Å². The van der Waals surface area contributed by atoms with Crippen LogP contribution in [0, 0.1) is 5.41 Å². The summed E-state index contributed by atoms with van der Waals surface area (Å²) >= 11 is 0. The fraction of sp³-hybridized carbons (Fsp3) is 0.450. The van der Waals surface area contributed by atoms with Gasteiger partial charge in [-0.1, -0.05) is 48.5 Å². The molecule has 20 nitrogen and oxygen atoms in total. The van der Waals surface area contributed by atoms with E-state index < -0.39 is 90.3 Å². The topological polar surface area (TPSA) is 327 Å². The molecule has 3 aromatic rings. The number of amides is 6. The van der Waals surface area contributed by atoms with E-state index in [1.165, 1.54) is 18.7 Å². The molecule has 0 aliphatic carbocycles. The number of hydrogen-bond acceptors (Lipinski definition) is 10. The number of carboxylic acid groups (broad SMARTS) is 1. The van der Waals surface area contributed by atoms with Gasteiger partial charge in [-0.25, -0.2) is 4.79 Å². The van der Waals surface area contributed by atoms with E-state index in [9.17, 15) is 43.8 Å². The summed E-state index contributed by atoms with van der Waals surface area (Å²) in [5.74, 6) is -5.97. The number of H-pyrrole nitrogens is 1. The molecule has 1 saturated heterocycles. The van der Waals surface area contributed by atoms with Crippen LogP contribution in [0.1, 0.15) is 50.7 Å². The van der Waals surface area contributed by atoms with E-state index in [1.54, 1.807) is 12.3 Å². The third-order valence-corrected chi connectivity index (χ3v) is 10.0. The number of likely N-dealkylation sites (tertiary alicyclic amines) is 1. The van der Waals surface area contributed by atoms with Crippen LogP contribution in [0.25, 0.3) is 10.9 Å². The lowest BCUT2D eigenvalue weighted by Gasteiger charge is -2.31. The van der Waals surface area contributed by atoms with Gasteiger partial charge in [-0.15, -0.1) is 0 Å². The summed E-state index contributed by atoms with van der Waals surface area (Å²) in [7, 11) is 0. The molecule has 20 heteroatoms. The van der Waals surface area contributed by atoms with E-state index in [2.05, 4.69) is 36.9 Å². The SMILES string of the molecule is C[C@H](NC(=O)CNC(=O)[C@@H](N)Cc1ccccc1)C(=O)N[C@@H](Cc1c[nH]c2ccccc12)C(=O)N[C@H](C(=O)N1CCC[C@H]1C(=O)N[C@@H](CCCNC(=N)N)C(=O)O)[C@@H](C)O. The van der Waals surface area contributed by atoms with Crippen molar-refractivity contribution in [1.82, 2.24) is 41.8 Å². The predicted molar refractivity (Wildman–Crippen MR) is 220 cm³/mol. The number of aliphatic hydroxyl groups excluding tert-OH is 1. The van der Waals surface area contributed by atoms with E-state index in [4.69, 9.17) is 16.9 Å². The normalized spacial score (nSPS) is 16.6. The number of aliphatic hydroxyl groups is 1. The summed E-state index contributed by atoms with van der Waals surface area (Å²) < 4.78 is 0. The molecular weight excluding hydrogens is 779 g/mol. The van der Waals surface area contributed by atoms with Gasteiger partial charge in [0.2, 0.25) is 35.4 Å². The second-order valence-electron chi connectivity index (χ2n) is 14.7. The Morgan fingerprint density at radius 2 is 1.58 bits per heavy atom. The number of hydrogen-bond donors (Lipinski definition) is 12. The molecule has 0 unspecified atom stereocenters. The zero-order valence-electron chi connectivity index (χ0n) is 33.5. The predicted octanol–water partition coefficient (Wildman–Crippen LogP) is -1.92. The molecule has 1 aliphatic rings. The maximum atomic E-state index is 14.1. The minimum absolute atomic E-state index is 0.0146. The van der Waals surface area contributed by atoms with Crippen molar-refractivity contribution in [2.24, 2.45) is 11.5 Å². The van der Waals surface area contributed by atoms with Crippen molar-refractivity contribution in [3.63, 3.8) is 0 Å². The van der Waals surface area contributed by atoms with E-state index in [-0.39, 0.29) is 51.2 Å². The highest BCUT2D eigenvalue weighted by atomic mass is 16.4.